The molecule has 7 nitrogen and oxygen atoms in total. The zero-order valence-electron chi connectivity index (χ0n) is 14.4. The normalized spacial score (nSPS) is 26.1. The predicted molar refractivity (Wildman–Crippen MR) is 92.4 cm³/mol. The van der Waals surface area contributed by atoms with Gasteiger partial charge in [0.25, 0.3) is 5.91 Å². The number of nitrogens with one attached hydrogen (secondary N) is 1. The SMILES string of the molecule is Cc1noc(C)c1CN1C[C@H]2[C@H](CNC(=O)c3cscn3)CO[C@H]2C1. The minimum Gasteiger partial charge on any atom is -0.376 e. The van der Waals surface area contributed by atoms with E-state index in [2.05, 4.69) is 20.4 Å². The number of nitrogens with zero attached hydrogens (tertiary/aromatic N) is 3. The molecule has 0 unspecified atom stereocenters. The van der Waals surface area contributed by atoms with Crippen LogP contribution in [0.5, 0.6) is 0 Å². The Kier molecular flexibility index (Phi) is 4.58. The number of carbonyl (C=O) groups is 1. The molecule has 2 saturated heterocycles. The molecule has 4 heterocycles. The molecule has 0 aromatic carbocycles. The summed E-state index contributed by atoms with van der Waals surface area (Å²) in [7, 11) is 0. The fourth-order valence-electron chi connectivity index (χ4n) is 3.81. The van der Waals surface area contributed by atoms with Crippen molar-refractivity contribution in [3.05, 3.63) is 33.6 Å². The lowest BCUT2D eigenvalue weighted by molar-refractivity contribution is 0.0901. The van der Waals surface area contributed by atoms with Crippen LogP contribution in [-0.4, -0.2) is 53.3 Å². The van der Waals surface area contributed by atoms with Crippen molar-refractivity contribution in [3.63, 3.8) is 0 Å². The van der Waals surface area contributed by atoms with Gasteiger partial charge in [-0.05, 0) is 13.8 Å². The maximum atomic E-state index is 12.1. The number of amides is 1. The van der Waals surface area contributed by atoms with Gasteiger partial charge in [0.05, 0.1) is 23.9 Å². The smallest absolute Gasteiger partial charge is 0.270 e. The number of fused-ring (bicyclic) bond motifs is 1. The molecule has 0 saturated carbocycles. The summed E-state index contributed by atoms with van der Waals surface area (Å²) in [5, 5.41) is 8.80. The van der Waals surface area contributed by atoms with Gasteiger partial charge in [-0.2, -0.15) is 0 Å². The molecule has 2 aromatic rings. The fourth-order valence-corrected chi connectivity index (χ4v) is 4.34. The van der Waals surface area contributed by atoms with Crippen LogP contribution in [0.25, 0.3) is 0 Å². The van der Waals surface area contributed by atoms with Crippen LogP contribution in [-0.2, 0) is 11.3 Å². The zero-order chi connectivity index (χ0) is 17.4. The second kappa shape index (κ2) is 6.86. The number of thiazole rings is 1. The predicted octanol–water partition coefficient (Wildman–Crippen LogP) is 1.62. The molecule has 3 atom stereocenters. The molecule has 25 heavy (non-hydrogen) atoms. The van der Waals surface area contributed by atoms with E-state index in [9.17, 15) is 4.79 Å². The first-order chi connectivity index (χ1) is 12.1. The van der Waals surface area contributed by atoms with Crippen molar-refractivity contribution in [2.45, 2.75) is 26.5 Å². The van der Waals surface area contributed by atoms with E-state index >= 15 is 0 Å². The molecule has 0 radical (unpaired) electrons. The van der Waals surface area contributed by atoms with Crippen LogP contribution in [0.3, 0.4) is 0 Å². The number of ether oxygens (including phenoxy) is 1. The lowest BCUT2D eigenvalue weighted by atomic mass is 9.93. The molecule has 2 aliphatic heterocycles. The van der Waals surface area contributed by atoms with E-state index in [1.807, 2.05) is 13.8 Å². The maximum absolute atomic E-state index is 12.1. The van der Waals surface area contributed by atoms with Crippen molar-refractivity contribution in [3.8, 4) is 0 Å². The molecule has 4 rings (SSSR count). The van der Waals surface area contributed by atoms with Gasteiger partial charge in [0.2, 0.25) is 0 Å². The molecule has 0 bridgehead atoms. The summed E-state index contributed by atoms with van der Waals surface area (Å²) in [5.41, 5.74) is 4.30. The number of aryl methyl sites for hydroxylation is 2. The topological polar surface area (TPSA) is 80.5 Å². The summed E-state index contributed by atoms with van der Waals surface area (Å²) in [6, 6.07) is 0. The van der Waals surface area contributed by atoms with Gasteiger partial charge in [-0.15, -0.1) is 11.3 Å². The second-order valence-electron chi connectivity index (χ2n) is 6.88. The van der Waals surface area contributed by atoms with Crippen LogP contribution in [0.4, 0.5) is 0 Å². The molecule has 8 heteroatoms. The molecule has 0 aliphatic carbocycles. The van der Waals surface area contributed by atoms with Crippen LogP contribution < -0.4 is 5.32 Å². The molecule has 2 aromatic heterocycles. The van der Waals surface area contributed by atoms with Gasteiger partial charge in [0, 0.05) is 49.0 Å². The quantitative estimate of drug-likeness (QED) is 0.871. The average molecular weight is 362 g/mol. The number of likely N-dealkylation sites (tertiary alicyclic amines) is 1. The minimum atomic E-state index is -0.102. The van der Waals surface area contributed by atoms with Gasteiger partial charge >= 0.3 is 0 Å². The summed E-state index contributed by atoms with van der Waals surface area (Å²) in [6.45, 7) is 8.03. The lowest BCUT2D eigenvalue weighted by Crippen LogP contribution is -2.34. The Bertz CT molecular complexity index is 726. The minimum absolute atomic E-state index is 0.102. The van der Waals surface area contributed by atoms with Gasteiger partial charge in [0.15, 0.2) is 0 Å². The summed E-state index contributed by atoms with van der Waals surface area (Å²) in [6.07, 6.45) is 0.252. The van der Waals surface area contributed by atoms with Crippen LogP contribution in [0.15, 0.2) is 15.4 Å². The van der Waals surface area contributed by atoms with Gasteiger partial charge < -0.3 is 14.6 Å². The lowest BCUT2D eigenvalue weighted by Gasteiger charge is -2.19. The molecular weight excluding hydrogens is 340 g/mol. The molecule has 1 amide bonds. The fraction of sp³-hybridized carbons (Fsp3) is 0.588. The van der Waals surface area contributed by atoms with Gasteiger partial charge in [0.1, 0.15) is 11.5 Å². The Morgan fingerprint density at radius 2 is 2.32 bits per heavy atom. The third kappa shape index (κ3) is 3.33. The highest BCUT2D eigenvalue weighted by Crippen LogP contribution is 2.34. The van der Waals surface area contributed by atoms with Crippen molar-refractivity contribution >= 4 is 17.2 Å². The Labute approximate surface area is 150 Å². The van der Waals surface area contributed by atoms with E-state index in [1.165, 1.54) is 16.9 Å². The summed E-state index contributed by atoms with van der Waals surface area (Å²) >= 11 is 1.43. The highest BCUT2D eigenvalue weighted by molar-refractivity contribution is 7.07. The van der Waals surface area contributed by atoms with E-state index < -0.39 is 0 Å². The first-order valence-electron chi connectivity index (χ1n) is 8.54. The second-order valence-corrected chi connectivity index (χ2v) is 7.59. The van der Waals surface area contributed by atoms with Crippen LogP contribution in [0.2, 0.25) is 0 Å². The van der Waals surface area contributed by atoms with E-state index in [0.29, 0.717) is 30.7 Å². The third-order valence-corrected chi connectivity index (χ3v) is 5.85. The van der Waals surface area contributed by atoms with Crippen molar-refractivity contribution in [1.82, 2.24) is 20.4 Å². The van der Waals surface area contributed by atoms with Crippen LogP contribution in [0, 0.1) is 25.7 Å². The molecule has 134 valence electrons. The number of carbonyl (C=O) groups excluding carboxylic acids is 1. The summed E-state index contributed by atoms with van der Waals surface area (Å²) < 4.78 is 11.2. The van der Waals surface area contributed by atoms with Gasteiger partial charge in [-0.1, -0.05) is 5.16 Å². The molecular formula is C17H22N4O3S. The Hall–Kier alpha value is -1.77. The Morgan fingerprint density at radius 3 is 3.04 bits per heavy atom. The third-order valence-electron chi connectivity index (χ3n) is 5.27. The van der Waals surface area contributed by atoms with Crippen LogP contribution in [0.1, 0.15) is 27.5 Å². The van der Waals surface area contributed by atoms with Gasteiger partial charge in [-0.25, -0.2) is 4.98 Å². The monoisotopic (exact) mass is 362 g/mol. The van der Waals surface area contributed by atoms with E-state index in [-0.39, 0.29) is 12.0 Å². The Morgan fingerprint density at radius 1 is 1.44 bits per heavy atom. The average Bonchev–Trinajstić information content (AvgIpc) is 3.35. The highest BCUT2D eigenvalue weighted by atomic mass is 32.1. The van der Waals surface area contributed by atoms with Crippen molar-refractivity contribution in [2.24, 2.45) is 11.8 Å². The molecule has 2 fully saturated rings. The van der Waals surface area contributed by atoms with Gasteiger partial charge in [-0.3, -0.25) is 9.69 Å². The number of rotatable bonds is 5. The van der Waals surface area contributed by atoms with E-state index in [4.69, 9.17) is 9.26 Å². The number of hydrogen-bond acceptors (Lipinski definition) is 7. The summed E-state index contributed by atoms with van der Waals surface area (Å²) in [4.78, 5) is 18.5. The standard InChI is InChI=1S/C17H22N4O3S/c1-10-13(11(2)24-20-10)4-21-5-14-12(7-23-16(14)6-21)3-18-17(22)15-8-25-9-19-15/h8-9,12,14,16H,3-7H2,1-2H3,(H,18,22)/t12-,14+,16+/m1/s1. The van der Waals surface area contributed by atoms with Crippen LogP contribution >= 0.6 is 11.3 Å². The van der Waals surface area contributed by atoms with Crippen molar-refractivity contribution < 1.29 is 14.1 Å². The zero-order valence-corrected chi connectivity index (χ0v) is 15.2. The maximum Gasteiger partial charge on any atom is 0.270 e. The number of hydrogen-bond donors (Lipinski definition) is 1. The van der Waals surface area contributed by atoms with Crippen molar-refractivity contribution in [1.29, 1.82) is 0 Å². The van der Waals surface area contributed by atoms with E-state index in [0.717, 1.165) is 31.1 Å². The first-order valence-corrected chi connectivity index (χ1v) is 9.48. The highest BCUT2D eigenvalue weighted by Gasteiger charge is 2.43. The molecule has 2 aliphatic rings. The Balaban J connectivity index is 1.33. The molecule has 1 N–H and O–H groups in total. The molecule has 0 spiro atoms. The summed E-state index contributed by atoms with van der Waals surface area (Å²) in [5.74, 6) is 1.59. The number of aromatic nitrogens is 2. The first kappa shape index (κ1) is 16.7. The van der Waals surface area contributed by atoms with E-state index in [1.54, 1.807) is 10.9 Å². The van der Waals surface area contributed by atoms with Crippen molar-refractivity contribution in [2.75, 3.05) is 26.2 Å². The largest absolute Gasteiger partial charge is 0.376 e.